The molecule has 1 aromatic heterocycles. The van der Waals surface area contributed by atoms with Crippen LogP contribution in [0.1, 0.15) is 102 Å². The molecule has 1 heterocycles. The summed E-state index contributed by atoms with van der Waals surface area (Å²) in [5.74, 6) is 0.123. The highest BCUT2D eigenvalue weighted by Gasteiger charge is 2.22. The number of unbranched alkanes of at least 4 members (excludes halogenated alkanes) is 4. The molecule has 148 valence electrons. The van der Waals surface area contributed by atoms with Gasteiger partial charge in [0.25, 0.3) is 0 Å². The minimum absolute atomic E-state index is 0.264. The Bertz CT molecular complexity index is 746. The van der Waals surface area contributed by atoms with Gasteiger partial charge in [-0.15, -0.1) is 0 Å². The predicted octanol–water partition coefficient (Wildman–Crippen LogP) is 7.04. The van der Waals surface area contributed by atoms with Crippen LogP contribution in [0.5, 0.6) is 0 Å². The van der Waals surface area contributed by atoms with Crippen LogP contribution in [0.25, 0.3) is 10.9 Å². The molecule has 3 nitrogen and oxygen atoms in total. The van der Waals surface area contributed by atoms with Crippen LogP contribution in [-0.4, -0.2) is 16.6 Å². The summed E-state index contributed by atoms with van der Waals surface area (Å²) in [7, 11) is 0. The summed E-state index contributed by atoms with van der Waals surface area (Å²) < 4.78 is 5.66. The Balaban J connectivity index is 2.29. The average Bonchev–Trinajstić information content (AvgIpc) is 2.62. The van der Waals surface area contributed by atoms with E-state index in [0.29, 0.717) is 11.5 Å². The third-order valence-electron chi connectivity index (χ3n) is 4.92. The second-order valence-corrected chi connectivity index (χ2v) is 8.42. The topological polar surface area (TPSA) is 39.2 Å². The Morgan fingerprint density at radius 3 is 2.44 bits per heavy atom. The van der Waals surface area contributed by atoms with E-state index in [-0.39, 0.29) is 5.97 Å². The molecule has 1 unspecified atom stereocenters. The van der Waals surface area contributed by atoms with Crippen molar-refractivity contribution in [3.8, 4) is 0 Å². The lowest BCUT2D eigenvalue weighted by atomic mass is 9.92. The molecule has 0 saturated carbocycles. The zero-order valence-corrected chi connectivity index (χ0v) is 17.7. The van der Waals surface area contributed by atoms with Crippen molar-refractivity contribution in [2.24, 2.45) is 0 Å². The standard InChI is InChI=1S/C24H35NO2/c1-6-8-9-10-11-14-18(7-2)22-17-20(23(26)27-24(3,4)5)19-15-12-13-16-21(19)25-22/h12-13,15-18H,6-11,14H2,1-5H3. The van der Waals surface area contributed by atoms with Crippen molar-refractivity contribution in [3.63, 3.8) is 0 Å². The van der Waals surface area contributed by atoms with E-state index in [0.717, 1.165) is 29.4 Å². The SMILES string of the molecule is CCCCCCCC(CC)c1cc(C(=O)OC(C)(C)C)c2ccccc2n1. The molecule has 1 aromatic carbocycles. The number of esters is 1. The molecule has 0 fully saturated rings. The summed E-state index contributed by atoms with van der Waals surface area (Å²) in [6.07, 6.45) is 8.54. The van der Waals surface area contributed by atoms with E-state index in [4.69, 9.17) is 9.72 Å². The van der Waals surface area contributed by atoms with Gasteiger partial charge in [0.05, 0.1) is 11.1 Å². The Labute approximate surface area is 164 Å². The molecule has 2 rings (SSSR count). The minimum atomic E-state index is -0.509. The van der Waals surface area contributed by atoms with Crippen LogP contribution >= 0.6 is 0 Å². The van der Waals surface area contributed by atoms with Gasteiger partial charge in [0.15, 0.2) is 0 Å². The van der Waals surface area contributed by atoms with Crippen molar-refractivity contribution in [3.05, 3.63) is 41.6 Å². The number of ether oxygens (including phenoxy) is 1. The molecule has 3 heteroatoms. The second kappa shape index (κ2) is 9.87. The van der Waals surface area contributed by atoms with E-state index >= 15 is 0 Å². The molecular formula is C24H35NO2. The lowest BCUT2D eigenvalue weighted by Gasteiger charge is -2.21. The highest BCUT2D eigenvalue weighted by molar-refractivity contribution is 6.03. The molecule has 0 amide bonds. The van der Waals surface area contributed by atoms with Crippen molar-refractivity contribution in [2.75, 3.05) is 0 Å². The maximum atomic E-state index is 12.8. The fourth-order valence-electron chi connectivity index (χ4n) is 3.46. The van der Waals surface area contributed by atoms with Crippen molar-refractivity contribution < 1.29 is 9.53 Å². The number of aromatic nitrogens is 1. The molecular weight excluding hydrogens is 334 g/mol. The molecule has 0 bridgehead atoms. The van der Waals surface area contributed by atoms with Crippen molar-refractivity contribution in [1.82, 2.24) is 4.98 Å². The first-order valence-corrected chi connectivity index (χ1v) is 10.5. The molecule has 0 N–H and O–H groups in total. The normalized spacial score (nSPS) is 12.9. The summed E-state index contributed by atoms with van der Waals surface area (Å²) in [5, 5.41) is 0.869. The van der Waals surface area contributed by atoms with Crippen molar-refractivity contribution in [2.45, 2.75) is 91.1 Å². The Morgan fingerprint density at radius 1 is 1.07 bits per heavy atom. The zero-order chi connectivity index (χ0) is 19.9. The first-order chi connectivity index (χ1) is 12.9. The first kappa shape index (κ1) is 21.4. The molecule has 0 radical (unpaired) electrons. The lowest BCUT2D eigenvalue weighted by Crippen LogP contribution is -2.24. The number of benzene rings is 1. The smallest absolute Gasteiger partial charge is 0.339 e. The number of hydrogen-bond donors (Lipinski definition) is 0. The van der Waals surface area contributed by atoms with Crippen LogP contribution in [0.3, 0.4) is 0 Å². The largest absolute Gasteiger partial charge is 0.456 e. The Kier molecular flexibility index (Phi) is 7.82. The van der Waals surface area contributed by atoms with Crippen LogP contribution in [0.2, 0.25) is 0 Å². The third-order valence-corrected chi connectivity index (χ3v) is 4.92. The number of nitrogens with zero attached hydrogens (tertiary/aromatic N) is 1. The van der Waals surface area contributed by atoms with Gasteiger partial charge in [0, 0.05) is 17.0 Å². The summed E-state index contributed by atoms with van der Waals surface area (Å²) in [6, 6.07) is 9.83. The van der Waals surface area contributed by atoms with Crippen LogP contribution in [0.4, 0.5) is 0 Å². The minimum Gasteiger partial charge on any atom is -0.456 e. The number of fused-ring (bicyclic) bond motifs is 1. The summed E-state index contributed by atoms with van der Waals surface area (Å²) in [4.78, 5) is 17.7. The maximum Gasteiger partial charge on any atom is 0.339 e. The molecule has 27 heavy (non-hydrogen) atoms. The Hall–Kier alpha value is -1.90. The Morgan fingerprint density at radius 2 is 1.78 bits per heavy atom. The lowest BCUT2D eigenvalue weighted by molar-refractivity contribution is 0.00716. The van der Waals surface area contributed by atoms with Crippen LogP contribution in [-0.2, 0) is 4.74 Å². The number of pyridine rings is 1. The van der Waals surface area contributed by atoms with Crippen molar-refractivity contribution in [1.29, 1.82) is 0 Å². The zero-order valence-electron chi connectivity index (χ0n) is 17.7. The van der Waals surface area contributed by atoms with Gasteiger partial charge in [-0.1, -0.05) is 64.2 Å². The van der Waals surface area contributed by atoms with Crippen LogP contribution in [0.15, 0.2) is 30.3 Å². The van der Waals surface area contributed by atoms with Gasteiger partial charge in [0.2, 0.25) is 0 Å². The monoisotopic (exact) mass is 369 g/mol. The van der Waals surface area contributed by atoms with Gasteiger partial charge < -0.3 is 4.74 Å². The van der Waals surface area contributed by atoms with E-state index < -0.39 is 5.60 Å². The fraction of sp³-hybridized carbons (Fsp3) is 0.583. The van der Waals surface area contributed by atoms with Gasteiger partial charge in [0.1, 0.15) is 5.60 Å². The molecule has 1 atom stereocenters. The molecule has 0 aliphatic rings. The highest BCUT2D eigenvalue weighted by Crippen LogP contribution is 2.29. The van der Waals surface area contributed by atoms with Crippen LogP contribution < -0.4 is 0 Å². The third kappa shape index (κ3) is 6.34. The van der Waals surface area contributed by atoms with E-state index in [2.05, 4.69) is 13.8 Å². The van der Waals surface area contributed by atoms with Gasteiger partial charge in [-0.05, 0) is 45.7 Å². The number of carbonyl (C=O) groups excluding carboxylic acids is 1. The first-order valence-electron chi connectivity index (χ1n) is 10.5. The number of para-hydroxylation sites is 1. The van der Waals surface area contributed by atoms with E-state index in [1.54, 1.807) is 0 Å². The van der Waals surface area contributed by atoms with E-state index in [1.807, 2.05) is 51.1 Å². The van der Waals surface area contributed by atoms with Gasteiger partial charge in [-0.3, -0.25) is 4.98 Å². The number of hydrogen-bond acceptors (Lipinski definition) is 3. The average molecular weight is 370 g/mol. The van der Waals surface area contributed by atoms with Gasteiger partial charge in [-0.2, -0.15) is 0 Å². The summed E-state index contributed by atoms with van der Waals surface area (Å²) >= 11 is 0. The van der Waals surface area contributed by atoms with E-state index in [9.17, 15) is 4.79 Å². The van der Waals surface area contributed by atoms with Crippen molar-refractivity contribution >= 4 is 16.9 Å². The van der Waals surface area contributed by atoms with E-state index in [1.165, 1.54) is 32.1 Å². The molecule has 2 aromatic rings. The number of carbonyl (C=O) groups is 1. The maximum absolute atomic E-state index is 12.8. The second-order valence-electron chi connectivity index (χ2n) is 8.42. The molecule has 0 aliphatic heterocycles. The highest BCUT2D eigenvalue weighted by atomic mass is 16.6. The number of rotatable bonds is 9. The molecule has 0 spiro atoms. The summed E-state index contributed by atoms with van der Waals surface area (Å²) in [6.45, 7) is 10.2. The van der Waals surface area contributed by atoms with Gasteiger partial charge >= 0.3 is 5.97 Å². The van der Waals surface area contributed by atoms with Crippen LogP contribution in [0, 0.1) is 0 Å². The molecule has 0 aliphatic carbocycles. The fourth-order valence-corrected chi connectivity index (χ4v) is 3.46. The summed E-state index contributed by atoms with van der Waals surface area (Å²) in [5.41, 5.74) is 2.02. The van der Waals surface area contributed by atoms with Gasteiger partial charge in [-0.25, -0.2) is 4.79 Å². The predicted molar refractivity (Wildman–Crippen MR) is 113 cm³/mol. The quantitative estimate of drug-likeness (QED) is 0.351. The molecule has 0 saturated heterocycles.